The topological polar surface area (TPSA) is 122 Å². The van der Waals surface area contributed by atoms with Crippen LogP contribution in [0, 0.1) is 0 Å². The van der Waals surface area contributed by atoms with Gasteiger partial charge in [0.15, 0.2) is 6.61 Å². The summed E-state index contributed by atoms with van der Waals surface area (Å²) in [4.78, 5) is 60.6. The van der Waals surface area contributed by atoms with Crippen LogP contribution in [0.5, 0.6) is 0 Å². The number of ether oxygens (including phenoxy) is 1. The molecule has 1 aliphatic rings. The number of unbranched alkanes of at least 4 members (excludes halogenated alkanes) is 1. The summed E-state index contributed by atoms with van der Waals surface area (Å²) in [5.74, 6) is -2.46. The minimum absolute atomic E-state index is 0.0399. The van der Waals surface area contributed by atoms with Gasteiger partial charge in [0.2, 0.25) is 0 Å². The molecule has 5 amide bonds. The van der Waals surface area contributed by atoms with Crippen molar-refractivity contribution in [3.63, 3.8) is 0 Å². The fraction of sp³-hybridized carbons (Fsp3) is 0.389. The van der Waals surface area contributed by atoms with E-state index in [0.717, 1.165) is 11.3 Å². The van der Waals surface area contributed by atoms with E-state index in [9.17, 15) is 24.0 Å². The molecule has 1 aliphatic heterocycles. The number of carbonyl (C=O) groups excluding carboxylic acids is 5. The maximum Gasteiger partial charge on any atom is 0.338 e. The van der Waals surface area contributed by atoms with Crippen LogP contribution < -0.4 is 10.6 Å². The first kappa shape index (κ1) is 20.1. The summed E-state index contributed by atoms with van der Waals surface area (Å²) in [6.45, 7) is 3.66. The van der Waals surface area contributed by atoms with Gasteiger partial charge in [-0.15, -0.1) is 0 Å². The Labute approximate surface area is 156 Å². The average molecular weight is 375 g/mol. The Hall–Kier alpha value is -3.23. The van der Waals surface area contributed by atoms with Crippen molar-refractivity contribution < 1.29 is 28.7 Å². The summed E-state index contributed by atoms with van der Waals surface area (Å²) in [6, 6.07) is 3.35. The van der Waals surface area contributed by atoms with Gasteiger partial charge < -0.3 is 10.1 Å². The van der Waals surface area contributed by atoms with Gasteiger partial charge in [-0.2, -0.15) is 0 Å². The molecule has 27 heavy (non-hydrogen) atoms. The lowest BCUT2D eigenvalue weighted by molar-refractivity contribution is -0.123. The van der Waals surface area contributed by atoms with Gasteiger partial charge in [-0.3, -0.25) is 24.6 Å². The van der Waals surface area contributed by atoms with Crippen LogP contribution in [0.15, 0.2) is 18.2 Å². The molecule has 2 N–H and O–H groups in total. The Morgan fingerprint density at radius 1 is 1.07 bits per heavy atom. The van der Waals surface area contributed by atoms with Gasteiger partial charge >= 0.3 is 12.0 Å². The lowest BCUT2D eigenvalue weighted by Crippen LogP contribution is -2.41. The van der Waals surface area contributed by atoms with Crippen molar-refractivity contribution in [1.29, 1.82) is 0 Å². The first-order valence-electron chi connectivity index (χ1n) is 8.64. The number of hydrogen-bond acceptors (Lipinski definition) is 6. The number of nitrogens with one attached hydrogen (secondary N) is 2. The molecule has 144 valence electrons. The molecule has 2 rings (SSSR count). The van der Waals surface area contributed by atoms with Crippen molar-refractivity contribution in [1.82, 2.24) is 15.5 Å². The van der Waals surface area contributed by atoms with Gasteiger partial charge in [0, 0.05) is 13.1 Å². The zero-order valence-corrected chi connectivity index (χ0v) is 15.2. The van der Waals surface area contributed by atoms with Crippen LogP contribution in [0.4, 0.5) is 4.79 Å². The molecule has 0 unspecified atom stereocenters. The molecule has 9 heteroatoms. The van der Waals surface area contributed by atoms with Crippen molar-refractivity contribution in [2.45, 2.75) is 26.7 Å². The van der Waals surface area contributed by atoms with Crippen LogP contribution in [0.2, 0.25) is 0 Å². The number of urea groups is 1. The second kappa shape index (κ2) is 8.93. The predicted octanol–water partition coefficient (Wildman–Crippen LogP) is 1.09. The fourth-order valence-corrected chi connectivity index (χ4v) is 2.52. The molecule has 0 radical (unpaired) electrons. The van der Waals surface area contributed by atoms with Crippen molar-refractivity contribution in [3.8, 4) is 0 Å². The highest BCUT2D eigenvalue weighted by Gasteiger charge is 2.35. The summed E-state index contributed by atoms with van der Waals surface area (Å²) in [5.41, 5.74) is 0.414. The van der Waals surface area contributed by atoms with Crippen molar-refractivity contribution in [2.75, 3.05) is 19.7 Å². The quantitative estimate of drug-likeness (QED) is 0.543. The summed E-state index contributed by atoms with van der Waals surface area (Å²) in [5, 5.41) is 4.36. The molecule has 0 spiro atoms. The molecule has 1 heterocycles. The monoisotopic (exact) mass is 375 g/mol. The molecule has 0 aromatic heterocycles. The molecule has 9 nitrogen and oxygen atoms in total. The van der Waals surface area contributed by atoms with Crippen LogP contribution in [0.1, 0.15) is 57.8 Å². The Kier molecular flexibility index (Phi) is 6.64. The second-order valence-electron chi connectivity index (χ2n) is 5.86. The highest BCUT2D eigenvalue weighted by atomic mass is 16.5. The molecule has 0 atom stereocenters. The van der Waals surface area contributed by atoms with E-state index < -0.39 is 30.4 Å². The number of benzene rings is 1. The predicted molar refractivity (Wildman–Crippen MR) is 94.2 cm³/mol. The van der Waals surface area contributed by atoms with E-state index in [0.29, 0.717) is 19.5 Å². The van der Waals surface area contributed by atoms with E-state index in [1.807, 2.05) is 12.2 Å². The average Bonchev–Trinajstić information content (AvgIpc) is 2.88. The number of carbonyl (C=O) groups is 5. The second-order valence-corrected chi connectivity index (χ2v) is 5.86. The molecule has 0 fully saturated rings. The van der Waals surface area contributed by atoms with Crippen LogP contribution in [-0.4, -0.2) is 54.3 Å². The highest BCUT2D eigenvalue weighted by Crippen LogP contribution is 2.24. The Balaban J connectivity index is 2.01. The third-order valence-electron chi connectivity index (χ3n) is 3.87. The minimum atomic E-state index is -0.837. The lowest BCUT2D eigenvalue weighted by atomic mass is 10.1. The molecular weight excluding hydrogens is 354 g/mol. The number of imide groups is 2. The van der Waals surface area contributed by atoms with Crippen molar-refractivity contribution in [3.05, 3.63) is 34.9 Å². The van der Waals surface area contributed by atoms with Crippen LogP contribution in [0.3, 0.4) is 0 Å². The Morgan fingerprint density at radius 3 is 2.44 bits per heavy atom. The van der Waals surface area contributed by atoms with E-state index in [1.165, 1.54) is 18.2 Å². The van der Waals surface area contributed by atoms with Crippen LogP contribution >= 0.6 is 0 Å². The standard InChI is InChI=1S/C18H21N3O6/c1-3-5-8-21-15(23)12-7-6-11(9-13(12)16(21)24)17(25)27-10-14(22)20-18(26)19-4-2/h6-7,9H,3-5,8,10H2,1-2H3,(H2,19,20,22,26). The first-order chi connectivity index (χ1) is 12.9. The molecule has 0 bridgehead atoms. The van der Waals surface area contributed by atoms with E-state index in [-0.39, 0.29) is 22.6 Å². The van der Waals surface area contributed by atoms with Crippen molar-refractivity contribution >= 4 is 29.7 Å². The zero-order chi connectivity index (χ0) is 20.0. The number of amides is 5. The van der Waals surface area contributed by atoms with Gasteiger partial charge in [0.05, 0.1) is 16.7 Å². The number of nitrogens with zero attached hydrogens (tertiary/aromatic N) is 1. The first-order valence-corrected chi connectivity index (χ1v) is 8.64. The Morgan fingerprint density at radius 2 is 1.78 bits per heavy atom. The summed E-state index contributed by atoms with van der Waals surface area (Å²) < 4.78 is 4.84. The van der Waals surface area contributed by atoms with Gasteiger partial charge in [-0.1, -0.05) is 13.3 Å². The smallest absolute Gasteiger partial charge is 0.338 e. The summed E-state index contributed by atoms with van der Waals surface area (Å²) >= 11 is 0. The molecule has 0 saturated heterocycles. The maximum absolute atomic E-state index is 12.4. The number of esters is 1. The largest absolute Gasteiger partial charge is 0.452 e. The maximum atomic E-state index is 12.4. The van der Waals surface area contributed by atoms with E-state index in [1.54, 1.807) is 6.92 Å². The number of rotatable bonds is 7. The SMILES string of the molecule is CCCCN1C(=O)c2ccc(C(=O)OCC(=O)NC(=O)NCC)cc2C1=O. The zero-order valence-electron chi connectivity index (χ0n) is 15.2. The van der Waals surface area contributed by atoms with Gasteiger partial charge in [0.25, 0.3) is 17.7 Å². The summed E-state index contributed by atoms with van der Waals surface area (Å²) in [6.07, 6.45) is 1.53. The summed E-state index contributed by atoms with van der Waals surface area (Å²) in [7, 11) is 0. The van der Waals surface area contributed by atoms with Gasteiger partial charge in [-0.25, -0.2) is 9.59 Å². The molecule has 0 aliphatic carbocycles. The highest BCUT2D eigenvalue weighted by molar-refractivity contribution is 6.22. The molecule has 1 aromatic rings. The van der Waals surface area contributed by atoms with E-state index in [2.05, 4.69) is 5.32 Å². The number of hydrogen-bond donors (Lipinski definition) is 2. The molecular formula is C18H21N3O6. The van der Waals surface area contributed by atoms with Crippen LogP contribution in [0.25, 0.3) is 0 Å². The van der Waals surface area contributed by atoms with Crippen molar-refractivity contribution in [2.24, 2.45) is 0 Å². The minimum Gasteiger partial charge on any atom is -0.452 e. The molecule has 0 saturated carbocycles. The third-order valence-corrected chi connectivity index (χ3v) is 3.87. The molecule has 1 aromatic carbocycles. The lowest BCUT2D eigenvalue weighted by Gasteiger charge is -2.12. The normalized spacial score (nSPS) is 12.6. The van der Waals surface area contributed by atoms with E-state index in [4.69, 9.17) is 4.74 Å². The van der Waals surface area contributed by atoms with Gasteiger partial charge in [0.1, 0.15) is 0 Å². The number of fused-ring (bicyclic) bond motifs is 1. The van der Waals surface area contributed by atoms with Gasteiger partial charge in [-0.05, 0) is 31.5 Å². The van der Waals surface area contributed by atoms with E-state index >= 15 is 0 Å². The fourth-order valence-electron chi connectivity index (χ4n) is 2.52. The third kappa shape index (κ3) is 4.69. The van der Waals surface area contributed by atoms with Crippen LogP contribution in [-0.2, 0) is 9.53 Å². The Bertz CT molecular complexity index is 789.